The van der Waals surface area contributed by atoms with Crippen molar-refractivity contribution in [2.75, 3.05) is 0 Å². The largest absolute Gasteiger partial charge is 0.350 e. The highest BCUT2D eigenvalue weighted by atomic mass is 35.5. The minimum absolute atomic E-state index is 0.609. The molecule has 56 valence electrons. The van der Waals surface area contributed by atoms with Crippen molar-refractivity contribution in [1.82, 2.24) is 4.98 Å². The van der Waals surface area contributed by atoms with Crippen LogP contribution in [0.4, 0.5) is 0 Å². The molecule has 2 aromatic rings. The third kappa shape index (κ3) is 0.851. The van der Waals surface area contributed by atoms with Crippen molar-refractivity contribution in [3.8, 4) is 0 Å². The summed E-state index contributed by atoms with van der Waals surface area (Å²) in [5.41, 5.74) is 0.609. The third-order valence-corrected chi connectivity index (χ3v) is 1.88. The minimum atomic E-state index is 0.609. The first-order valence-corrected chi connectivity index (χ1v) is 3.53. The van der Waals surface area contributed by atoms with E-state index in [4.69, 9.17) is 11.6 Å². The van der Waals surface area contributed by atoms with Crippen LogP contribution in [0.1, 0.15) is 0 Å². The van der Waals surface area contributed by atoms with Gasteiger partial charge in [0, 0.05) is 0 Å². The molecule has 0 unspecified atom stereocenters. The summed E-state index contributed by atoms with van der Waals surface area (Å²) in [5, 5.41) is 10.6. The van der Waals surface area contributed by atoms with Crippen LogP contribution in [0.15, 0.2) is 24.5 Å². The van der Waals surface area contributed by atoms with E-state index in [1.165, 1.54) is 6.20 Å². The number of hydrogen-bond acceptors (Lipinski definition) is 1. The summed E-state index contributed by atoms with van der Waals surface area (Å²) in [4.78, 5) is 2.84. The molecule has 2 heterocycles. The molecule has 3 nitrogen and oxygen atoms in total. The maximum absolute atomic E-state index is 9.21. The van der Waals surface area contributed by atoms with Crippen molar-refractivity contribution in [3.05, 3.63) is 29.5 Å². The molecule has 2 aromatic heterocycles. The molecule has 2 N–H and O–H groups in total. The number of aromatic nitrogens is 2. The molecule has 0 radical (unpaired) electrons. The molecule has 0 spiro atoms. The van der Waals surface area contributed by atoms with Crippen molar-refractivity contribution in [3.63, 3.8) is 0 Å². The van der Waals surface area contributed by atoms with Crippen LogP contribution in [-0.4, -0.2) is 10.2 Å². The maximum Gasteiger partial charge on any atom is 0.327 e. The van der Waals surface area contributed by atoms with Crippen LogP contribution in [0.5, 0.6) is 0 Å². The first-order chi connectivity index (χ1) is 5.29. The quantitative estimate of drug-likeness (QED) is 0.454. The first-order valence-electron chi connectivity index (χ1n) is 3.15. The Morgan fingerprint density at radius 1 is 1.55 bits per heavy atom. The van der Waals surface area contributed by atoms with Crippen LogP contribution in [0.2, 0.25) is 5.02 Å². The highest BCUT2D eigenvalue weighted by Crippen LogP contribution is 2.18. The Bertz CT molecular complexity index is 396. The zero-order chi connectivity index (χ0) is 7.84. The fourth-order valence-corrected chi connectivity index (χ4v) is 1.25. The Labute approximate surface area is 67.8 Å². The van der Waals surface area contributed by atoms with Crippen LogP contribution >= 0.6 is 11.6 Å². The molecule has 0 aromatic carbocycles. The molecular formula is C7H6ClN2O+. The lowest BCUT2D eigenvalue weighted by molar-refractivity contribution is -0.885. The van der Waals surface area contributed by atoms with Gasteiger partial charge in [0.05, 0.1) is 10.4 Å². The highest BCUT2D eigenvalue weighted by Gasteiger charge is 2.09. The Hall–Kier alpha value is -1.22. The van der Waals surface area contributed by atoms with Crippen molar-refractivity contribution < 1.29 is 9.94 Å². The van der Waals surface area contributed by atoms with Gasteiger partial charge in [-0.15, -0.1) is 0 Å². The lowest BCUT2D eigenvalue weighted by Gasteiger charge is -1.87. The fourth-order valence-electron chi connectivity index (χ4n) is 1.04. The molecule has 11 heavy (non-hydrogen) atoms. The smallest absolute Gasteiger partial charge is 0.327 e. The predicted molar refractivity (Wildman–Crippen MR) is 40.7 cm³/mol. The van der Waals surface area contributed by atoms with E-state index in [2.05, 4.69) is 4.98 Å². The van der Waals surface area contributed by atoms with Crippen molar-refractivity contribution >= 4 is 22.6 Å². The second kappa shape index (κ2) is 2.13. The summed E-state index contributed by atoms with van der Waals surface area (Å²) in [6.45, 7) is 0. The van der Waals surface area contributed by atoms with E-state index in [0.717, 1.165) is 10.1 Å². The lowest BCUT2D eigenvalue weighted by Crippen LogP contribution is -2.29. The summed E-state index contributed by atoms with van der Waals surface area (Å²) in [7, 11) is 0. The molecule has 0 aliphatic rings. The minimum Gasteiger partial charge on any atom is -0.350 e. The summed E-state index contributed by atoms with van der Waals surface area (Å²) in [6, 6.07) is 3.56. The van der Waals surface area contributed by atoms with Crippen molar-refractivity contribution in [2.24, 2.45) is 0 Å². The number of fused-ring (bicyclic) bond motifs is 1. The van der Waals surface area contributed by atoms with Crippen LogP contribution in [0, 0.1) is 0 Å². The van der Waals surface area contributed by atoms with Gasteiger partial charge in [0.25, 0.3) is 0 Å². The van der Waals surface area contributed by atoms with Gasteiger partial charge in [-0.25, -0.2) is 4.98 Å². The van der Waals surface area contributed by atoms with E-state index in [-0.39, 0.29) is 0 Å². The monoisotopic (exact) mass is 169 g/mol. The number of nitrogens with zero attached hydrogens (tertiary/aromatic N) is 1. The average Bonchev–Trinajstić information content (AvgIpc) is 2.35. The number of hydrogen-bond donors (Lipinski definition) is 2. The van der Waals surface area contributed by atoms with E-state index < -0.39 is 0 Å². The summed E-state index contributed by atoms with van der Waals surface area (Å²) in [5.74, 6) is 0. The zero-order valence-electron chi connectivity index (χ0n) is 5.58. The van der Waals surface area contributed by atoms with E-state index >= 15 is 0 Å². The Morgan fingerprint density at radius 3 is 3.09 bits per heavy atom. The van der Waals surface area contributed by atoms with E-state index in [9.17, 15) is 5.21 Å². The van der Waals surface area contributed by atoms with E-state index in [1.807, 2.05) is 6.07 Å². The molecule has 0 atom stereocenters. The molecular weight excluding hydrogens is 164 g/mol. The van der Waals surface area contributed by atoms with E-state index in [1.54, 1.807) is 12.3 Å². The van der Waals surface area contributed by atoms with Gasteiger partial charge in [-0.3, -0.25) is 0 Å². The molecule has 0 bridgehead atoms. The molecule has 0 aliphatic carbocycles. The number of aromatic amines is 1. The average molecular weight is 170 g/mol. The predicted octanol–water partition coefficient (Wildman–Crippen LogP) is 1.35. The Balaban J connectivity index is 2.94. The van der Waals surface area contributed by atoms with Gasteiger partial charge in [-0.2, -0.15) is 0 Å². The van der Waals surface area contributed by atoms with Gasteiger partial charge in [-0.1, -0.05) is 16.3 Å². The number of halogens is 1. The second-order valence-electron chi connectivity index (χ2n) is 2.25. The fraction of sp³-hybridized carbons (Fsp3) is 0. The SMILES string of the molecule is O[n+]1cccc2c(Cl)c[nH]c21. The van der Waals surface area contributed by atoms with Crippen molar-refractivity contribution in [2.45, 2.75) is 0 Å². The first kappa shape index (κ1) is 6.49. The van der Waals surface area contributed by atoms with Gasteiger partial charge in [0.1, 0.15) is 12.4 Å². The van der Waals surface area contributed by atoms with Gasteiger partial charge in [-0.05, 0) is 12.1 Å². The maximum atomic E-state index is 9.21. The van der Waals surface area contributed by atoms with E-state index in [0.29, 0.717) is 10.7 Å². The van der Waals surface area contributed by atoms with Gasteiger partial charge < -0.3 is 5.21 Å². The van der Waals surface area contributed by atoms with Crippen LogP contribution in [0.3, 0.4) is 0 Å². The summed E-state index contributed by atoms with van der Waals surface area (Å²) < 4.78 is 1.00. The summed E-state index contributed by atoms with van der Waals surface area (Å²) >= 11 is 5.79. The third-order valence-electron chi connectivity index (χ3n) is 1.57. The molecule has 0 fully saturated rings. The Morgan fingerprint density at radius 2 is 2.36 bits per heavy atom. The number of nitrogens with one attached hydrogen (secondary N) is 1. The number of rotatable bonds is 0. The molecule has 0 saturated heterocycles. The molecule has 2 rings (SSSR count). The highest BCUT2D eigenvalue weighted by molar-refractivity contribution is 6.35. The number of pyridine rings is 1. The molecule has 0 aliphatic heterocycles. The summed E-state index contributed by atoms with van der Waals surface area (Å²) in [6.07, 6.45) is 3.17. The normalized spacial score (nSPS) is 10.6. The molecule has 0 amide bonds. The van der Waals surface area contributed by atoms with Crippen LogP contribution < -0.4 is 4.73 Å². The Kier molecular flexibility index (Phi) is 1.26. The lowest BCUT2D eigenvalue weighted by atomic mass is 10.3. The second-order valence-corrected chi connectivity index (χ2v) is 2.66. The molecule has 4 heteroatoms. The topological polar surface area (TPSA) is 39.9 Å². The van der Waals surface area contributed by atoms with Gasteiger partial charge in [0.15, 0.2) is 0 Å². The standard InChI is InChI=1S/C7H5ClN2O/c8-6-4-9-7-5(6)2-1-3-10(7)11/h1-4,11H/p+1. The van der Waals surface area contributed by atoms with Crippen molar-refractivity contribution in [1.29, 1.82) is 0 Å². The van der Waals surface area contributed by atoms with Gasteiger partial charge in [0.2, 0.25) is 0 Å². The van der Waals surface area contributed by atoms with Crippen LogP contribution in [-0.2, 0) is 0 Å². The molecule has 0 saturated carbocycles. The van der Waals surface area contributed by atoms with Gasteiger partial charge >= 0.3 is 5.65 Å². The van der Waals surface area contributed by atoms with Crippen LogP contribution in [0.25, 0.3) is 11.0 Å². The zero-order valence-corrected chi connectivity index (χ0v) is 6.34. The number of H-pyrrole nitrogens is 1.